The molecule has 1 aromatic carbocycles. The molecule has 4 heteroatoms. The Morgan fingerprint density at radius 2 is 2.00 bits per heavy atom. The minimum atomic E-state index is -0.121. The largest absolute Gasteiger partial charge is 0.360 e. The number of carbonyl (C=O) groups excluding carboxylic acids is 1. The highest BCUT2D eigenvalue weighted by Crippen LogP contribution is 2.33. The van der Waals surface area contributed by atoms with Crippen LogP contribution in [-0.4, -0.2) is 25.1 Å². The molecule has 1 amide bonds. The van der Waals surface area contributed by atoms with Crippen LogP contribution in [0, 0.1) is 5.92 Å². The average molecular weight is 310 g/mol. The molecule has 0 bridgehead atoms. The van der Waals surface area contributed by atoms with Gasteiger partial charge in [0.05, 0.1) is 6.61 Å². The van der Waals surface area contributed by atoms with Gasteiger partial charge in [0.25, 0.3) is 0 Å². The van der Waals surface area contributed by atoms with Gasteiger partial charge in [-0.1, -0.05) is 39.0 Å². The number of amides is 1. The third kappa shape index (κ3) is 4.45. The first-order chi connectivity index (χ1) is 9.93. The summed E-state index contributed by atoms with van der Waals surface area (Å²) in [5, 5.41) is 0. The Kier molecular flexibility index (Phi) is 5.28. The Labute approximate surface area is 132 Å². The standard InChI is InChI=1S/C17H24ClNO2/c1-17(2,3)14-6-4-5-7-15(14)19(16(20)10-18)12-21-11-13-8-9-13/h4-7,13H,8-12H2,1-3H3. The molecule has 0 aromatic heterocycles. The fourth-order valence-electron chi connectivity index (χ4n) is 2.29. The van der Waals surface area contributed by atoms with Gasteiger partial charge in [-0.25, -0.2) is 0 Å². The predicted molar refractivity (Wildman–Crippen MR) is 86.9 cm³/mol. The Balaban J connectivity index is 2.20. The summed E-state index contributed by atoms with van der Waals surface area (Å²) in [4.78, 5) is 13.9. The molecule has 0 unspecified atom stereocenters. The zero-order valence-electron chi connectivity index (χ0n) is 13.1. The molecular formula is C17H24ClNO2. The van der Waals surface area contributed by atoms with Gasteiger partial charge in [0, 0.05) is 5.69 Å². The SMILES string of the molecule is CC(C)(C)c1ccccc1N(COCC1CC1)C(=O)CCl. The summed E-state index contributed by atoms with van der Waals surface area (Å²) in [5.74, 6) is 0.519. The second-order valence-electron chi connectivity index (χ2n) is 6.67. The second kappa shape index (κ2) is 6.80. The number of hydrogen-bond donors (Lipinski definition) is 0. The van der Waals surface area contributed by atoms with Gasteiger partial charge in [0.1, 0.15) is 12.6 Å². The highest BCUT2D eigenvalue weighted by Gasteiger charge is 2.26. The lowest BCUT2D eigenvalue weighted by Gasteiger charge is -2.29. The van der Waals surface area contributed by atoms with Crippen LogP contribution in [0.15, 0.2) is 24.3 Å². The third-order valence-corrected chi connectivity index (χ3v) is 3.92. The average Bonchev–Trinajstić information content (AvgIpc) is 3.26. The molecule has 0 saturated heterocycles. The molecule has 0 atom stereocenters. The summed E-state index contributed by atoms with van der Waals surface area (Å²) >= 11 is 5.77. The predicted octanol–water partition coefficient (Wildman–Crippen LogP) is 3.94. The van der Waals surface area contributed by atoms with Crippen molar-refractivity contribution >= 4 is 23.2 Å². The highest BCUT2D eigenvalue weighted by molar-refractivity contribution is 6.29. The van der Waals surface area contributed by atoms with Gasteiger partial charge in [-0.3, -0.25) is 9.69 Å². The van der Waals surface area contributed by atoms with Gasteiger partial charge in [-0.05, 0) is 35.8 Å². The van der Waals surface area contributed by atoms with E-state index >= 15 is 0 Å². The van der Waals surface area contributed by atoms with E-state index < -0.39 is 0 Å². The van der Waals surface area contributed by atoms with E-state index in [0.717, 1.165) is 17.9 Å². The van der Waals surface area contributed by atoms with Crippen molar-refractivity contribution < 1.29 is 9.53 Å². The topological polar surface area (TPSA) is 29.5 Å². The number of benzene rings is 1. The number of para-hydroxylation sites is 1. The fourth-order valence-corrected chi connectivity index (χ4v) is 2.43. The van der Waals surface area contributed by atoms with Gasteiger partial charge in [-0.2, -0.15) is 0 Å². The first-order valence-electron chi connectivity index (χ1n) is 7.47. The molecule has 116 valence electrons. The summed E-state index contributed by atoms with van der Waals surface area (Å²) in [6.07, 6.45) is 2.48. The van der Waals surface area contributed by atoms with E-state index in [1.54, 1.807) is 4.90 Å². The van der Waals surface area contributed by atoms with Gasteiger partial charge in [-0.15, -0.1) is 11.6 Å². The first kappa shape index (κ1) is 16.3. The summed E-state index contributed by atoms with van der Waals surface area (Å²) in [5.41, 5.74) is 1.97. The molecule has 1 aliphatic rings. The molecule has 1 aromatic rings. The monoisotopic (exact) mass is 309 g/mol. The van der Waals surface area contributed by atoms with Crippen molar-refractivity contribution in [1.29, 1.82) is 0 Å². The number of halogens is 1. The lowest BCUT2D eigenvalue weighted by molar-refractivity contribution is -0.117. The van der Waals surface area contributed by atoms with Crippen LogP contribution in [0.4, 0.5) is 5.69 Å². The maximum absolute atomic E-state index is 12.2. The molecule has 0 spiro atoms. The highest BCUT2D eigenvalue weighted by atomic mass is 35.5. The summed E-state index contributed by atoms with van der Waals surface area (Å²) in [7, 11) is 0. The second-order valence-corrected chi connectivity index (χ2v) is 6.93. The number of hydrogen-bond acceptors (Lipinski definition) is 2. The van der Waals surface area contributed by atoms with Crippen LogP contribution in [-0.2, 0) is 14.9 Å². The molecule has 2 rings (SSSR count). The minimum Gasteiger partial charge on any atom is -0.360 e. The van der Waals surface area contributed by atoms with E-state index in [0.29, 0.717) is 5.92 Å². The molecule has 1 saturated carbocycles. The maximum atomic E-state index is 12.2. The molecule has 1 fully saturated rings. The number of carbonyl (C=O) groups is 1. The number of rotatable bonds is 6. The molecule has 0 radical (unpaired) electrons. The molecule has 3 nitrogen and oxygen atoms in total. The van der Waals surface area contributed by atoms with Crippen LogP contribution in [0.2, 0.25) is 0 Å². The zero-order valence-corrected chi connectivity index (χ0v) is 13.8. The first-order valence-corrected chi connectivity index (χ1v) is 8.00. The zero-order chi connectivity index (χ0) is 15.5. The maximum Gasteiger partial charge on any atom is 0.243 e. The van der Waals surface area contributed by atoms with Crippen LogP contribution < -0.4 is 4.90 Å². The molecule has 21 heavy (non-hydrogen) atoms. The van der Waals surface area contributed by atoms with Crippen molar-refractivity contribution in [2.24, 2.45) is 5.92 Å². The van der Waals surface area contributed by atoms with Crippen molar-refractivity contribution in [3.05, 3.63) is 29.8 Å². The molecule has 1 aliphatic carbocycles. The van der Waals surface area contributed by atoms with Crippen molar-refractivity contribution in [1.82, 2.24) is 0 Å². The Bertz CT molecular complexity index is 492. The van der Waals surface area contributed by atoms with Crippen molar-refractivity contribution in [3.8, 4) is 0 Å². The summed E-state index contributed by atoms with van der Waals surface area (Å²) < 4.78 is 5.71. The van der Waals surface area contributed by atoms with Gasteiger partial charge < -0.3 is 4.74 Å². The smallest absolute Gasteiger partial charge is 0.243 e. The van der Waals surface area contributed by atoms with Crippen molar-refractivity contribution in [2.45, 2.75) is 39.0 Å². The lowest BCUT2D eigenvalue weighted by atomic mass is 9.85. The number of anilines is 1. The molecular weight excluding hydrogens is 286 g/mol. The Morgan fingerprint density at radius 3 is 2.57 bits per heavy atom. The molecule has 0 N–H and O–H groups in total. The number of ether oxygens (including phenoxy) is 1. The lowest BCUT2D eigenvalue weighted by Crippen LogP contribution is -2.36. The Hall–Kier alpha value is -1.06. The van der Waals surface area contributed by atoms with Crippen molar-refractivity contribution in [3.63, 3.8) is 0 Å². The van der Waals surface area contributed by atoms with Crippen LogP contribution in [0.1, 0.15) is 39.2 Å². The van der Waals surface area contributed by atoms with E-state index in [9.17, 15) is 4.79 Å². The summed E-state index contributed by atoms with van der Waals surface area (Å²) in [6.45, 7) is 7.42. The summed E-state index contributed by atoms with van der Waals surface area (Å²) in [6, 6.07) is 7.97. The van der Waals surface area contributed by atoms with Crippen LogP contribution >= 0.6 is 11.6 Å². The number of alkyl halides is 1. The van der Waals surface area contributed by atoms with Crippen molar-refractivity contribution in [2.75, 3.05) is 24.1 Å². The van der Waals surface area contributed by atoms with Crippen LogP contribution in [0.25, 0.3) is 0 Å². The van der Waals surface area contributed by atoms with E-state index in [-0.39, 0.29) is 23.9 Å². The van der Waals surface area contributed by atoms with Crippen LogP contribution in [0.3, 0.4) is 0 Å². The molecule has 0 heterocycles. The minimum absolute atomic E-state index is 0.0364. The van der Waals surface area contributed by atoms with E-state index in [1.807, 2.05) is 18.2 Å². The van der Waals surface area contributed by atoms with E-state index in [4.69, 9.17) is 16.3 Å². The van der Waals surface area contributed by atoms with E-state index in [2.05, 4.69) is 26.8 Å². The fraction of sp³-hybridized carbons (Fsp3) is 0.588. The van der Waals surface area contributed by atoms with Gasteiger partial charge in [0.15, 0.2) is 0 Å². The van der Waals surface area contributed by atoms with Crippen LogP contribution in [0.5, 0.6) is 0 Å². The quantitative estimate of drug-likeness (QED) is 0.588. The molecule has 0 aliphatic heterocycles. The van der Waals surface area contributed by atoms with E-state index in [1.165, 1.54) is 12.8 Å². The Morgan fingerprint density at radius 1 is 1.33 bits per heavy atom. The third-order valence-electron chi connectivity index (χ3n) is 3.69. The normalized spacial score (nSPS) is 15.0. The van der Waals surface area contributed by atoms with Gasteiger partial charge in [0.2, 0.25) is 5.91 Å². The number of nitrogens with zero attached hydrogens (tertiary/aromatic N) is 1. The van der Waals surface area contributed by atoms with Gasteiger partial charge >= 0.3 is 0 Å².